The summed E-state index contributed by atoms with van der Waals surface area (Å²) in [4.78, 5) is 18.9. The van der Waals surface area contributed by atoms with E-state index >= 15 is 0 Å². The van der Waals surface area contributed by atoms with Gasteiger partial charge < -0.3 is 14.9 Å². The number of nitrogens with zero attached hydrogens (tertiary/aromatic N) is 3. The second-order valence-electron chi connectivity index (χ2n) is 10.9. The normalized spacial score (nSPS) is 17.9. The molecule has 0 bridgehead atoms. The van der Waals surface area contributed by atoms with E-state index in [9.17, 15) is 15.2 Å². The fraction of sp³-hybridized carbons (Fsp3) is 0.314. The zero-order valence-electron chi connectivity index (χ0n) is 23.2. The summed E-state index contributed by atoms with van der Waals surface area (Å²) in [6.45, 7) is 6.09. The largest absolute Gasteiger partial charge is 0.508 e. The number of hydrogen-bond acceptors (Lipinski definition) is 4. The molecule has 0 aliphatic carbocycles. The van der Waals surface area contributed by atoms with Crippen LogP contribution in [0.1, 0.15) is 54.4 Å². The molecule has 0 unspecified atom stereocenters. The van der Waals surface area contributed by atoms with Crippen LogP contribution in [0.4, 0.5) is 0 Å². The fourth-order valence-electron chi connectivity index (χ4n) is 5.83. The van der Waals surface area contributed by atoms with Crippen LogP contribution in [-0.4, -0.2) is 53.0 Å². The van der Waals surface area contributed by atoms with E-state index in [-0.39, 0.29) is 17.7 Å². The molecule has 3 aromatic rings. The van der Waals surface area contributed by atoms with Crippen LogP contribution in [0.2, 0.25) is 0 Å². The van der Waals surface area contributed by atoms with Crippen LogP contribution >= 0.6 is 0 Å². The first kappa shape index (κ1) is 27.4. The Balaban J connectivity index is 1.46. The van der Waals surface area contributed by atoms with E-state index in [2.05, 4.69) is 53.1 Å². The van der Waals surface area contributed by atoms with Gasteiger partial charge in [-0.05, 0) is 110 Å². The van der Waals surface area contributed by atoms with Gasteiger partial charge >= 0.3 is 0 Å². The predicted octanol–water partition coefficient (Wildman–Crippen LogP) is 6.81. The first-order valence-corrected chi connectivity index (χ1v) is 14.3. The Hall–Kier alpha value is -4.14. The number of phenolic OH excluding ortho intramolecular Hbond substituents is 1. The van der Waals surface area contributed by atoms with Crippen LogP contribution in [0.3, 0.4) is 0 Å². The van der Waals surface area contributed by atoms with Gasteiger partial charge in [0.05, 0.1) is 11.6 Å². The van der Waals surface area contributed by atoms with Gasteiger partial charge in [0.15, 0.2) is 0 Å². The Bertz CT molecular complexity index is 1420. The number of allylic oxidation sites excluding steroid dienone is 2. The highest BCUT2D eigenvalue weighted by atomic mass is 16.3. The van der Waals surface area contributed by atoms with Crippen molar-refractivity contribution in [3.8, 4) is 22.9 Å². The third-order valence-electron chi connectivity index (χ3n) is 8.07. The van der Waals surface area contributed by atoms with Crippen LogP contribution in [0.15, 0.2) is 78.9 Å². The Morgan fingerprint density at radius 3 is 2.42 bits per heavy atom. The average Bonchev–Trinajstić information content (AvgIpc) is 3.67. The van der Waals surface area contributed by atoms with Gasteiger partial charge in [-0.3, -0.25) is 4.79 Å². The topological polar surface area (TPSA) is 67.6 Å². The summed E-state index contributed by atoms with van der Waals surface area (Å²) in [5, 5.41) is 18.8. The molecule has 2 aliphatic rings. The number of carbonyl (C=O) groups is 1. The second kappa shape index (κ2) is 12.8. The zero-order chi connectivity index (χ0) is 27.9. The molecular formula is C35H37N3O2. The molecular weight excluding hydrogens is 494 g/mol. The van der Waals surface area contributed by atoms with Crippen molar-refractivity contribution in [1.29, 1.82) is 5.26 Å². The first-order valence-electron chi connectivity index (χ1n) is 14.3. The van der Waals surface area contributed by atoms with Gasteiger partial charge in [0.25, 0.3) is 5.91 Å². The molecule has 1 amide bonds. The Morgan fingerprint density at radius 2 is 1.70 bits per heavy atom. The van der Waals surface area contributed by atoms with E-state index < -0.39 is 0 Å². The second-order valence-corrected chi connectivity index (χ2v) is 10.9. The van der Waals surface area contributed by atoms with Crippen molar-refractivity contribution in [1.82, 2.24) is 9.80 Å². The summed E-state index contributed by atoms with van der Waals surface area (Å²) in [5.41, 5.74) is 6.45. The maximum atomic E-state index is 14.3. The van der Waals surface area contributed by atoms with E-state index in [1.807, 2.05) is 42.5 Å². The SMILES string of the molecule is Cc1ccc(-c2ccc(C#N)cc2)cc1/C(=C\C/C=C/c1ccc(O)cc1)C(=O)N1CCC[C@H]1CN1CCCC1. The standard InChI is InChI=1S/C35H37N3O2/c1-26-10-15-30(29-16-11-28(24-36)12-17-29)23-34(26)33(9-3-2-7-27-13-18-32(39)19-14-27)35(40)38-22-6-8-31(38)25-37-20-4-5-21-37/h2,7,9-19,23,31,39H,3-6,8,20-22,25H2,1H3/b7-2+,33-9+/t31-/m0/s1. The summed E-state index contributed by atoms with van der Waals surface area (Å²) in [5.74, 6) is 0.358. The Labute approximate surface area is 237 Å². The number of carbonyl (C=O) groups excluding carboxylic acids is 1. The van der Waals surface area contributed by atoms with Crippen molar-refractivity contribution in [3.63, 3.8) is 0 Å². The summed E-state index contributed by atoms with van der Waals surface area (Å²) in [6, 6.07) is 23.4. The smallest absolute Gasteiger partial charge is 0.254 e. The minimum absolute atomic E-state index is 0.111. The summed E-state index contributed by atoms with van der Waals surface area (Å²) in [6.07, 6.45) is 11.4. The van der Waals surface area contributed by atoms with Crippen LogP contribution < -0.4 is 0 Å². The fourth-order valence-corrected chi connectivity index (χ4v) is 5.83. The number of hydrogen-bond donors (Lipinski definition) is 1. The molecule has 5 rings (SSSR count). The molecule has 0 saturated carbocycles. The average molecular weight is 532 g/mol. The quantitative estimate of drug-likeness (QED) is 0.324. The van der Waals surface area contributed by atoms with E-state index in [1.165, 1.54) is 12.8 Å². The monoisotopic (exact) mass is 531 g/mol. The molecule has 0 radical (unpaired) electrons. The highest BCUT2D eigenvalue weighted by Gasteiger charge is 2.33. The lowest BCUT2D eigenvalue weighted by atomic mass is 9.93. The number of benzene rings is 3. The maximum absolute atomic E-state index is 14.3. The van der Waals surface area contributed by atoms with Gasteiger partial charge in [0, 0.05) is 24.7 Å². The summed E-state index contributed by atoms with van der Waals surface area (Å²) >= 11 is 0. The molecule has 0 spiro atoms. The van der Waals surface area contributed by atoms with Gasteiger partial charge in [-0.2, -0.15) is 5.26 Å². The van der Waals surface area contributed by atoms with Gasteiger partial charge in [-0.1, -0.05) is 54.6 Å². The molecule has 5 nitrogen and oxygen atoms in total. The number of nitriles is 1. The van der Waals surface area contributed by atoms with Gasteiger partial charge in [-0.15, -0.1) is 0 Å². The molecule has 1 atom stereocenters. The lowest BCUT2D eigenvalue weighted by molar-refractivity contribution is -0.126. The molecule has 5 heteroatoms. The lowest BCUT2D eigenvalue weighted by Crippen LogP contribution is -2.42. The molecule has 2 saturated heterocycles. The number of likely N-dealkylation sites (tertiary alicyclic amines) is 2. The number of amides is 1. The minimum Gasteiger partial charge on any atom is -0.508 e. The maximum Gasteiger partial charge on any atom is 0.254 e. The molecule has 0 aromatic heterocycles. The molecule has 2 heterocycles. The van der Waals surface area contributed by atoms with Crippen LogP contribution in [0.25, 0.3) is 22.8 Å². The number of rotatable bonds is 8. The third-order valence-corrected chi connectivity index (χ3v) is 8.07. The van der Waals surface area contributed by atoms with Crippen molar-refractivity contribution in [2.45, 2.75) is 45.1 Å². The van der Waals surface area contributed by atoms with Crippen molar-refractivity contribution < 1.29 is 9.90 Å². The number of aromatic hydroxyl groups is 1. The number of phenols is 1. The van der Waals surface area contributed by atoms with E-state index in [4.69, 9.17) is 0 Å². The molecule has 2 aliphatic heterocycles. The van der Waals surface area contributed by atoms with Crippen molar-refractivity contribution >= 4 is 17.6 Å². The van der Waals surface area contributed by atoms with E-state index in [0.717, 1.165) is 72.4 Å². The van der Waals surface area contributed by atoms with Crippen molar-refractivity contribution in [2.75, 3.05) is 26.2 Å². The summed E-state index contributed by atoms with van der Waals surface area (Å²) < 4.78 is 0. The Kier molecular flexibility index (Phi) is 8.78. The highest BCUT2D eigenvalue weighted by Crippen LogP contribution is 2.31. The Morgan fingerprint density at radius 1 is 0.975 bits per heavy atom. The molecule has 204 valence electrons. The van der Waals surface area contributed by atoms with E-state index in [1.54, 1.807) is 12.1 Å². The van der Waals surface area contributed by atoms with Gasteiger partial charge in [-0.25, -0.2) is 0 Å². The van der Waals surface area contributed by atoms with Gasteiger partial charge in [0.2, 0.25) is 0 Å². The molecule has 3 aromatic carbocycles. The van der Waals surface area contributed by atoms with Crippen LogP contribution in [0.5, 0.6) is 5.75 Å². The highest BCUT2D eigenvalue weighted by molar-refractivity contribution is 6.20. The molecule has 1 N–H and O–H groups in total. The van der Waals surface area contributed by atoms with Crippen molar-refractivity contribution in [3.05, 3.63) is 101 Å². The summed E-state index contributed by atoms with van der Waals surface area (Å²) in [7, 11) is 0. The van der Waals surface area contributed by atoms with E-state index in [0.29, 0.717) is 12.0 Å². The lowest BCUT2D eigenvalue weighted by Gasteiger charge is -2.29. The van der Waals surface area contributed by atoms with Crippen LogP contribution in [-0.2, 0) is 4.79 Å². The van der Waals surface area contributed by atoms with Gasteiger partial charge in [0.1, 0.15) is 5.75 Å². The predicted molar refractivity (Wildman–Crippen MR) is 161 cm³/mol. The minimum atomic E-state index is 0.111. The zero-order valence-corrected chi connectivity index (χ0v) is 23.2. The molecule has 40 heavy (non-hydrogen) atoms. The molecule has 2 fully saturated rings. The first-order chi connectivity index (χ1) is 19.5. The third kappa shape index (κ3) is 6.52. The van der Waals surface area contributed by atoms with Crippen molar-refractivity contribution in [2.24, 2.45) is 0 Å². The number of aryl methyl sites for hydroxylation is 1. The van der Waals surface area contributed by atoms with Crippen LogP contribution in [0, 0.1) is 18.3 Å².